The second kappa shape index (κ2) is 5.17. The summed E-state index contributed by atoms with van der Waals surface area (Å²) in [6, 6.07) is 5.42. The Morgan fingerprint density at radius 2 is 2.12 bits per heavy atom. The maximum atomic E-state index is 9.32. The van der Waals surface area contributed by atoms with Gasteiger partial charge in [0.25, 0.3) is 0 Å². The van der Waals surface area contributed by atoms with Crippen LogP contribution in [0.15, 0.2) is 22.7 Å². The molecule has 90 valence electrons. The lowest BCUT2D eigenvalue weighted by molar-refractivity contribution is 0.132. The highest BCUT2D eigenvalue weighted by Gasteiger charge is 2.28. The summed E-state index contributed by atoms with van der Waals surface area (Å²) in [6.45, 7) is 3.91. The Morgan fingerprint density at radius 3 is 2.62 bits per heavy atom. The molecular weight excluding hydrogens is 270 g/mol. The van der Waals surface area contributed by atoms with Crippen LogP contribution in [0.25, 0.3) is 0 Å². The lowest BCUT2D eigenvalue weighted by atomic mass is 9.82. The number of methoxy groups -OCH3 is 1. The fourth-order valence-electron chi connectivity index (χ4n) is 1.41. The standard InChI is InChI=1S/C12H18BrNO2/c1-12(2,7-15)11(14)9-6-8(16-3)4-5-10(9)13/h4-6,11,15H,7,14H2,1-3H3/t11-/m0/s1. The minimum Gasteiger partial charge on any atom is -0.497 e. The summed E-state index contributed by atoms with van der Waals surface area (Å²) in [4.78, 5) is 0. The minimum absolute atomic E-state index is 0.0395. The molecule has 1 aromatic carbocycles. The van der Waals surface area contributed by atoms with Gasteiger partial charge in [-0.3, -0.25) is 0 Å². The van der Waals surface area contributed by atoms with Crippen LogP contribution in [0.4, 0.5) is 0 Å². The maximum absolute atomic E-state index is 9.32. The first-order chi connectivity index (χ1) is 7.42. The Morgan fingerprint density at radius 1 is 1.50 bits per heavy atom. The van der Waals surface area contributed by atoms with Gasteiger partial charge in [0, 0.05) is 22.5 Å². The molecule has 0 heterocycles. The number of hydrogen-bond donors (Lipinski definition) is 2. The summed E-state index contributed by atoms with van der Waals surface area (Å²) in [7, 11) is 1.62. The summed E-state index contributed by atoms with van der Waals surface area (Å²) >= 11 is 3.46. The van der Waals surface area contributed by atoms with Gasteiger partial charge in [-0.2, -0.15) is 0 Å². The molecule has 1 rings (SSSR count). The van der Waals surface area contributed by atoms with E-state index in [0.29, 0.717) is 0 Å². The first kappa shape index (κ1) is 13.5. The minimum atomic E-state index is -0.366. The van der Waals surface area contributed by atoms with Gasteiger partial charge in [0.1, 0.15) is 5.75 Å². The van der Waals surface area contributed by atoms with Crippen LogP contribution < -0.4 is 10.5 Å². The van der Waals surface area contributed by atoms with Gasteiger partial charge in [-0.25, -0.2) is 0 Å². The lowest BCUT2D eigenvalue weighted by Gasteiger charge is -2.30. The van der Waals surface area contributed by atoms with E-state index < -0.39 is 0 Å². The van der Waals surface area contributed by atoms with Gasteiger partial charge in [-0.05, 0) is 23.8 Å². The quantitative estimate of drug-likeness (QED) is 0.895. The van der Waals surface area contributed by atoms with E-state index in [1.54, 1.807) is 7.11 Å². The number of aliphatic hydroxyl groups excluding tert-OH is 1. The first-order valence-corrected chi connectivity index (χ1v) is 5.91. The van der Waals surface area contributed by atoms with E-state index in [9.17, 15) is 5.11 Å². The van der Waals surface area contributed by atoms with E-state index >= 15 is 0 Å². The Hall–Kier alpha value is -0.580. The third-order valence-corrected chi connectivity index (χ3v) is 3.51. The fourth-order valence-corrected chi connectivity index (χ4v) is 1.90. The van der Waals surface area contributed by atoms with Crippen molar-refractivity contribution in [2.24, 2.45) is 11.1 Å². The summed E-state index contributed by atoms with van der Waals surface area (Å²) in [5, 5.41) is 9.32. The van der Waals surface area contributed by atoms with Crippen LogP contribution in [0.3, 0.4) is 0 Å². The second-order valence-corrected chi connectivity index (χ2v) is 5.37. The van der Waals surface area contributed by atoms with Crippen molar-refractivity contribution in [3.8, 4) is 5.75 Å². The van der Waals surface area contributed by atoms with E-state index in [2.05, 4.69) is 15.9 Å². The molecule has 0 fully saturated rings. The topological polar surface area (TPSA) is 55.5 Å². The largest absolute Gasteiger partial charge is 0.497 e. The number of rotatable bonds is 4. The average Bonchev–Trinajstić information content (AvgIpc) is 2.29. The molecule has 0 aliphatic rings. The maximum Gasteiger partial charge on any atom is 0.119 e. The zero-order valence-electron chi connectivity index (χ0n) is 9.83. The molecule has 0 saturated heterocycles. The van der Waals surface area contributed by atoms with Crippen molar-refractivity contribution in [3.05, 3.63) is 28.2 Å². The van der Waals surface area contributed by atoms with Crippen LogP contribution >= 0.6 is 15.9 Å². The molecule has 0 spiro atoms. The average molecular weight is 288 g/mol. The van der Waals surface area contributed by atoms with Crippen molar-refractivity contribution in [3.63, 3.8) is 0 Å². The second-order valence-electron chi connectivity index (χ2n) is 4.51. The SMILES string of the molecule is COc1ccc(Br)c([C@H](N)C(C)(C)CO)c1. The van der Waals surface area contributed by atoms with Gasteiger partial charge in [-0.1, -0.05) is 29.8 Å². The van der Waals surface area contributed by atoms with E-state index in [0.717, 1.165) is 15.8 Å². The number of nitrogens with two attached hydrogens (primary N) is 1. The zero-order valence-corrected chi connectivity index (χ0v) is 11.4. The molecule has 0 radical (unpaired) electrons. The molecule has 4 heteroatoms. The highest BCUT2D eigenvalue weighted by atomic mass is 79.9. The molecule has 0 unspecified atom stereocenters. The van der Waals surface area contributed by atoms with Crippen molar-refractivity contribution >= 4 is 15.9 Å². The van der Waals surface area contributed by atoms with Crippen LogP contribution in [-0.4, -0.2) is 18.8 Å². The number of benzene rings is 1. The summed E-state index contributed by atoms with van der Waals surface area (Å²) in [5.74, 6) is 0.766. The number of aliphatic hydroxyl groups is 1. The molecule has 0 aliphatic carbocycles. The van der Waals surface area contributed by atoms with Crippen molar-refractivity contribution in [2.45, 2.75) is 19.9 Å². The molecule has 0 saturated carbocycles. The molecule has 0 aromatic heterocycles. The number of hydrogen-bond acceptors (Lipinski definition) is 3. The molecule has 1 aromatic rings. The van der Waals surface area contributed by atoms with Crippen LogP contribution in [0.1, 0.15) is 25.5 Å². The number of halogens is 1. The van der Waals surface area contributed by atoms with Gasteiger partial charge in [0.15, 0.2) is 0 Å². The third-order valence-electron chi connectivity index (χ3n) is 2.79. The van der Waals surface area contributed by atoms with E-state index in [4.69, 9.17) is 10.5 Å². The predicted octanol–water partition coefficient (Wildman–Crippen LogP) is 2.48. The van der Waals surface area contributed by atoms with Gasteiger partial charge < -0.3 is 15.6 Å². The predicted molar refractivity (Wildman–Crippen MR) is 68.5 cm³/mol. The molecular formula is C12H18BrNO2. The van der Waals surface area contributed by atoms with Gasteiger partial charge in [0.05, 0.1) is 7.11 Å². The molecule has 16 heavy (non-hydrogen) atoms. The third kappa shape index (κ3) is 2.75. The van der Waals surface area contributed by atoms with Crippen LogP contribution in [0.2, 0.25) is 0 Å². The van der Waals surface area contributed by atoms with Crippen LogP contribution in [-0.2, 0) is 0 Å². The van der Waals surface area contributed by atoms with E-state index in [-0.39, 0.29) is 18.1 Å². The van der Waals surface area contributed by atoms with Crippen LogP contribution in [0.5, 0.6) is 5.75 Å². The van der Waals surface area contributed by atoms with Crippen LogP contribution in [0, 0.1) is 5.41 Å². The zero-order chi connectivity index (χ0) is 12.3. The van der Waals surface area contributed by atoms with Crippen molar-refractivity contribution < 1.29 is 9.84 Å². The monoisotopic (exact) mass is 287 g/mol. The van der Waals surface area contributed by atoms with Gasteiger partial charge in [0.2, 0.25) is 0 Å². The van der Waals surface area contributed by atoms with E-state index in [1.807, 2.05) is 32.0 Å². The molecule has 1 atom stereocenters. The van der Waals surface area contributed by atoms with Gasteiger partial charge in [-0.15, -0.1) is 0 Å². The molecule has 3 nitrogen and oxygen atoms in total. The van der Waals surface area contributed by atoms with Gasteiger partial charge >= 0.3 is 0 Å². The fraction of sp³-hybridized carbons (Fsp3) is 0.500. The lowest BCUT2D eigenvalue weighted by Crippen LogP contribution is -2.32. The number of ether oxygens (including phenoxy) is 1. The molecule has 0 aliphatic heterocycles. The Kier molecular flexibility index (Phi) is 4.35. The smallest absolute Gasteiger partial charge is 0.119 e. The highest BCUT2D eigenvalue weighted by Crippen LogP contribution is 2.36. The normalized spacial score (nSPS) is 13.6. The molecule has 0 amide bonds. The first-order valence-electron chi connectivity index (χ1n) is 5.12. The summed E-state index contributed by atoms with van der Waals surface area (Å²) in [5.41, 5.74) is 6.74. The van der Waals surface area contributed by atoms with Crippen molar-refractivity contribution in [1.29, 1.82) is 0 Å². The summed E-state index contributed by atoms with van der Waals surface area (Å²) < 4.78 is 6.10. The molecule has 3 N–H and O–H groups in total. The summed E-state index contributed by atoms with van der Waals surface area (Å²) in [6.07, 6.45) is 0. The Balaban J connectivity index is 3.11. The van der Waals surface area contributed by atoms with Crippen molar-refractivity contribution in [1.82, 2.24) is 0 Å². The Bertz CT molecular complexity index is 366. The van der Waals surface area contributed by atoms with Crippen molar-refractivity contribution in [2.75, 3.05) is 13.7 Å². The Labute approximate surface area is 105 Å². The van der Waals surface area contributed by atoms with E-state index in [1.165, 1.54) is 0 Å². The highest BCUT2D eigenvalue weighted by molar-refractivity contribution is 9.10. The molecule has 0 bridgehead atoms.